The van der Waals surface area contributed by atoms with Crippen molar-refractivity contribution in [3.63, 3.8) is 0 Å². The van der Waals surface area contributed by atoms with Gasteiger partial charge in [0.25, 0.3) is 0 Å². The van der Waals surface area contributed by atoms with Gasteiger partial charge in [-0.2, -0.15) is 0 Å². The first-order chi connectivity index (χ1) is 21.0. The maximum absolute atomic E-state index is 14.7. The zero-order valence-electron chi connectivity index (χ0n) is 23.5. The Hall–Kier alpha value is -4.56. The van der Waals surface area contributed by atoms with E-state index in [9.17, 15) is 19.5 Å². The van der Waals surface area contributed by atoms with Crippen LogP contribution in [0.3, 0.4) is 0 Å². The molecule has 1 N–H and O–H groups in total. The molecule has 3 heterocycles. The van der Waals surface area contributed by atoms with Crippen molar-refractivity contribution in [1.82, 2.24) is 9.80 Å². The molecule has 0 unspecified atom stereocenters. The zero-order valence-corrected chi connectivity index (χ0v) is 24.3. The summed E-state index contributed by atoms with van der Waals surface area (Å²) in [4.78, 5) is 48.1. The second-order valence-electron chi connectivity index (χ2n) is 11.2. The summed E-state index contributed by atoms with van der Waals surface area (Å²) in [6.45, 7) is 0.167. The van der Waals surface area contributed by atoms with Gasteiger partial charge in [-0.1, -0.05) is 91.0 Å². The summed E-state index contributed by atoms with van der Waals surface area (Å²) >= 11 is 1.69. The van der Waals surface area contributed by atoms with Gasteiger partial charge in [0, 0.05) is 17.2 Å². The van der Waals surface area contributed by atoms with E-state index in [1.807, 2.05) is 109 Å². The molecule has 7 nitrogen and oxygen atoms in total. The predicted octanol–water partition coefficient (Wildman–Crippen LogP) is 6.51. The lowest BCUT2D eigenvalue weighted by Gasteiger charge is -2.47. The van der Waals surface area contributed by atoms with Crippen LogP contribution in [0.5, 0.6) is 0 Å². The van der Waals surface area contributed by atoms with E-state index in [-0.39, 0.29) is 24.5 Å². The number of hydrogen-bond acceptors (Lipinski definition) is 4. The average molecular weight is 590 g/mol. The Morgan fingerprint density at radius 3 is 2.02 bits per heavy atom. The number of nitrogens with zero attached hydrogens (tertiary/aromatic N) is 3. The van der Waals surface area contributed by atoms with Crippen LogP contribution in [0, 0.1) is 0 Å². The van der Waals surface area contributed by atoms with Crippen molar-refractivity contribution in [3.05, 3.63) is 126 Å². The van der Waals surface area contributed by atoms with E-state index in [1.165, 1.54) is 4.90 Å². The predicted molar refractivity (Wildman–Crippen MR) is 166 cm³/mol. The number of likely N-dealkylation sites (tertiary alicyclic amines) is 1. The Balaban J connectivity index is 1.27. The van der Waals surface area contributed by atoms with Crippen LogP contribution in [0.2, 0.25) is 0 Å². The van der Waals surface area contributed by atoms with Gasteiger partial charge < -0.3 is 14.9 Å². The molecule has 0 spiro atoms. The van der Waals surface area contributed by atoms with Gasteiger partial charge in [0.05, 0.1) is 29.4 Å². The van der Waals surface area contributed by atoms with Crippen molar-refractivity contribution in [2.75, 3.05) is 11.4 Å². The van der Waals surface area contributed by atoms with Crippen molar-refractivity contribution in [2.45, 2.75) is 47.5 Å². The standard InChI is InChI=1S/C35H31N3O4S/c39-33(31(23-11-3-1-4-12-23)24-13-5-2-6-14-24)36-21-26-19-20-29(32(36)34(40)41)37(26)35(42)38-27-16-8-7-15-25(27)22-43-30-18-10-9-17-28(30)38/h1-18,26,29,31-32H,19-22H2,(H,40,41)/t26-,29+,32-/m0/s1. The number of carboxylic acid groups (broad SMARTS) is 1. The Kier molecular flexibility index (Phi) is 7.15. The molecule has 2 fully saturated rings. The second kappa shape index (κ2) is 11.3. The molecule has 4 aromatic carbocycles. The number of thioether (sulfide) groups is 1. The third kappa shape index (κ3) is 4.76. The summed E-state index contributed by atoms with van der Waals surface area (Å²) in [6, 6.07) is 32.4. The molecule has 3 aliphatic heterocycles. The van der Waals surface area contributed by atoms with E-state index in [1.54, 1.807) is 21.6 Å². The fourth-order valence-electron chi connectivity index (χ4n) is 6.93. The number of amides is 3. The number of hydrogen-bond donors (Lipinski definition) is 1. The number of benzene rings is 4. The normalized spacial score (nSPS) is 20.8. The molecule has 0 aromatic heterocycles. The number of carbonyl (C=O) groups is 3. The van der Waals surface area contributed by atoms with Gasteiger partial charge in [0.2, 0.25) is 5.91 Å². The van der Waals surface area contributed by atoms with E-state index in [0.717, 1.165) is 38.7 Å². The van der Waals surface area contributed by atoms with Gasteiger partial charge in [0.15, 0.2) is 0 Å². The molecule has 3 aliphatic rings. The maximum atomic E-state index is 14.7. The van der Waals surface area contributed by atoms with Crippen LogP contribution >= 0.6 is 11.8 Å². The first kappa shape index (κ1) is 27.3. The number of fused-ring (bicyclic) bond motifs is 4. The molecule has 0 saturated carbocycles. The molecule has 0 radical (unpaired) electrons. The molecular formula is C35H31N3O4S. The van der Waals surface area contributed by atoms with Gasteiger partial charge in [-0.3, -0.25) is 9.69 Å². The van der Waals surface area contributed by atoms with Gasteiger partial charge in [-0.15, -0.1) is 11.8 Å². The lowest BCUT2D eigenvalue weighted by atomic mass is 9.88. The molecule has 43 heavy (non-hydrogen) atoms. The minimum Gasteiger partial charge on any atom is -0.480 e. The fourth-order valence-corrected chi connectivity index (χ4v) is 7.97. The van der Waals surface area contributed by atoms with Gasteiger partial charge in [-0.05, 0) is 47.7 Å². The van der Waals surface area contributed by atoms with E-state index in [4.69, 9.17) is 0 Å². The summed E-state index contributed by atoms with van der Waals surface area (Å²) in [7, 11) is 0. The smallest absolute Gasteiger partial charge is 0.329 e. The topological polar surface area (TPSA) is 81.2 Å². The SMILES string of the molecule is O=C(O)[C@@H]1[C@H]2CC[C@@H](CN1C(=O)C(c1ccccc1)c1ccccc1)N2C(=O)N1c2ccccc2CSc2ccccc21. The number of carboxylic acids is 1. The van der Waals surface area contributed by atoms with Crippen molar-refractivity contribution in [1.29, 1.82) is 0 Å². The molecule has 7 rings (SSSR count). The van der Waals surface area contributed by atoms with Gasteiger partial charge in [0.1, 0.15) is 6.04 Å². The number of aliphatic carboxylic acids is 1. The number of anilines is 2. The highest BCUT2D eigenvalue weighted by Gasteiger charge is 2.54. The Morgan fingerprint density at radius 2 is 1.35 bits per heavy atom. The van der Waals surface area contributed by atoms with Gasteiger partial charge in [-0.25, -0.2) is 9.59 Å². The molecule has 8 heteroatoms. The van der Waals surface area contributed by atoms with Crippen LogP contribution in [-0.4, -0.2) is 57.5 Å². The first-order valence-corrected chi connectivity index (χ1v) is 15.6. The Labute approximate surface area is 254 Å². The monoisotopic (exact) mass is 589 g/mol. The van der Waals surface area contributed by atoms with Crippen molar-refractivity contribution >= 4 is 41.0 Å². The summed E-state index contributed by atoms with van der Waals surface area (Å²) in [5.41, 5.74) is 4.26. The molecule has 216 valence electrons. The number of carbonyl (C=O) groups excluding carboxylic acids is 2. The van der Waals surface area contributed by atoms with Crippen LogP contribution in [0.4, 0.5) is 16.2 Å². The Bertz CT molecular complexity index is 1590. The third-order valence-corrected chi connectivity index (χ3v) is 9.95. The summed E-state index contributed by atoms with van der Waals surface area (Å²) < 4.78 is 0. The number of para-hydroxylation sites is 2. The van der Waals surface area contributed by atoms with E-state index in [0.29, 0.717) is 12.8 Å². The van der Waals surface area contributed by atoms with Crippen molar-refractivity contribution in [3.8, 4) is 0 Å². The largest absolute Gasteiger partial charge is 0.480 e. The van der Waals surface area contributed by atoms with Crippen molar-refractivity contribution in [2.24, 2.45) is 0 Å². The van der Waals surface area contributed by atoms with Crippen molar-refractivity contribution < 1.29 is 19.5 Å². The molecule has 2 saturated heterocycles. The number of urea groups is 1. The zero-order chi connectivity index (χ0) is 29.5. The molecule has 3 atom stereocenters. The highest BCUT2D eigenvalue weighted by Crippen LogP contribution is 2.45. The van der Waals surface area contributed by atoms with E-state index >= 15 is 0 Å². The van der Waals surface area contributed by atoms with Crippen LogP contribution in [0.15, 0.2) is 114 Å². The third-order valence-electron chi connectivity index (χ3n) is 8.84. The molecule has 0 aliphatic carbocycles. The Morgan fingerprint density at radius 1 is 0.744 bits per heavy atom. The second-order valence-corrected chi connectivity index (χ2v) is 12.3. The van der Waals surface area contributed by atoms with Gasteiger partial charge >= 0.3 is 12.0 Å². The summed E-state index contributed by atoms with van der Waals surface area (Å²) in [6.07, 6.45) is 1.15. The first-order valence-electron chi connectivity index (χ1n) is 14.6. The highest BCUT2D eigenvalue weighted by atomic mass is 32.2. The molecular weight excluding hydrogens is 558 g/mol. The average Bonchev–Trinajstić information content (AvgIpc) is 3.23. The summed E-state index contributed by atoms with van der Waals surface area (Å²) in [5, 5.41) is 10.6. The lowest BCUT2D eigenvalue weighted by molar-refractivity contribution is -0.156. The van der Waals surface area contributed by atoms with Crippen LogP contribution in [0.1, 0.15) is 35.4 Å². The molecule has 2 bridgehead atoms. The molecule has 3 amide bonds. The van der Waals surface area contributed by atoms with E-state index < -0.39 is 24.0 Å². The van der Waals surface area contributed by atoms with Crippen LogP contribution < -0.4 is 4.90 Å². The number of piperazine rings is 1. The minimum atomic E-state index is -1.16. The number of rotatable bonds is 4. The fraction of sp³-hybridized carbons (Fsp3) is 0.229. The van der Waals surface area contributed by atoms with Crippen LogP contribution in [-0.2, 0) is 15.3 Å². The minimum absolute atomic E-state index is 0.167. The highest BCUT2D eigenvalue weighted by molar-refractivity contribution is 7.98. The maximum Gasteiger partial charge on any atom is 0.329 e. The quantitative estimate of drug-likeness (QED) is 0.294. The van der Waals surface area contributed by atoms with Crippen LogP contribution in [0.25, 0.3) is 0 Å². The molecule has 4 aromatic rings. The van der Waals surface area contributed by atoms with E-state index in [2.05, 4.69) is 0 Å². The summed E-state index contributed by atoms with van der Waals surface area (Å²) in [5.74, 6) is -1.27. The lowest BCUT2D eigenvalue weighted by Crippen LogP contribution is -2.66.